The van der Waals surface area contributed by atoms with Crippen LogP contribution in [0.4, 0.5) is 0 Å². The van der Waals surface area contributed by atoms with Gasteiger partial charge in [0.15, 0.2) is 5.78 Å². The van der Waals surface area contributed by atoms with Crippen molar-refractivity contribution < 1.29 is 17.9 Å². The van der Waals surface area contributed by atoms with Gasteiger partial charge in [0, 0.05) is 25.8 Å². The standard InChI is InChI=1S/C16H23NO4S/c1-13(18)14-6-8-16(9-7-14)22(19,20)17(2)11-10-15-5-3-4-12-21-15/h6-9,15H,3-5,10-12H2,1-2H3. The number of carbonyl (C=O) groups is 1. The van der Waals surface area contributed by atoms with Crippen LogP contribution in [0.3, 0.4) is 0 Å². The Kier molecular flexibility index (Phi) is 5.72. The highest BCUT2D eigenvalue weighted by molar-refractivity contribution is 7.89. The molecule has 22 heavy (non-hydrogen) atoms. The van der Waals surface area contributed by atoms with E-state index >= 15 is 0 Å². The van der Waals surface area contributed by atoms with Crippen LogP contribution in [0.25, 0.3) is 0 Å². The Bertz CT molecular complexity index is 604. The minimum atomic E-state index is -3.52. The second-order valence-corrected chi connectivity index (χ2v) is 7.73. The van der Waals surface area contributed by atoms with Crippen LogP contribution in [0.5, 0.6) is 0 Å². The molecule has 0 saturated carbocycles. The summed E-state index contributed by atoms with van der Waals surface area (Å²) >= 11 is 0. The highest BCUT2D eigenvalue weighted by Crippen LogP contribution is 2.19. The summed E-state index contributed by atoms with van der Waals surface area (Å²) < 4.78 is 32.0. The van der Waals surface area contributed by atoms with E-state index in [9.17, 15) is 13.2 Å². The van der Waals surface area contributed by atoms with Crippen molar-refractivity contribution in [3.8, 4) is 0 Å². The van der Waals surface area contributed by atoms with Crippen LogP contribution < -0.4 is 0 Å². The molecule has 6 heteroatoms. The van der Waals surface area contributed by atoms with Crippen LogP contribution in [0.1, 0.15) is 43.0 Å². The summed E-state index contributed by atoms with van der Waals surface area (Å²) in [5, 5.41) is 0. The summed E-state index contributed by atoms with van der Waals surface area (Å²) in [6, 6.07) is 6.07. The van der Waals surface area contributed by atoms with Crippen LogP contribution in [-0.2, 0) is 14.8 Å². The summed E-state index contributed by atoms with van der Waals surface area (Å²) in [7, 11) is -1.94. The molecular weight excluding hydrogens is 302 g/mol. The Balaban J connectivity index is 2.00. The molecule has 5 nitrogen and oxygen atoms in total. The number of benzene rings is 1. The van der Waals surface area contributed by atoms with Gasteiger partial charge in [0.2, 0.25) is 10.0 Å². The van der Waals surface area contributed by atoms with Crippen LogP contribution in [-0.4, -0.2) is 44.8 Å². The topological polar surface area (TPSA) is 63.7 Å². The molecule has 1 aromatic rings. The van der Waals surface area contributed by atoms with Gasteiger partial charge in [-0.25, -0.2) is 12.7 Å². The first-order chi connectivity index (χ1) is 10.4. The average molecular weight is 325 g/mol. The fourth-order valence-corrected chi connectivity index (χ4v) is 3.71. The van der Waals surface area contributed by atoms with Gasteiger partial charge in [-0.05, 0) is 44.7 Å². The van der Waals surface area contributed by atoms with Crippen molar-refractivity contribution >= 4 is 15.8 Å². The molecule has 122 valence electrons. The molecule has 0 amide bonds. The summed E-state index contributed by atoms with van der Waals surface area (Å²) in [4.78, 5) is 11.5. The van der Waals surface area contributed by atoms with Crippen molar-refractivity contribution in [2.75, 3.05) is 20.2 Å². The number of hydrogen-bond acceptors (Lipinski definition) is 4. The van der Waals surface area contributed by atoms with E-state index in [1.165, 1.54) is 23.4 Å². The van der Waals surface area contributed by atoms with E-state index in [1.54, 1.807) is 19.2 Å². The van der Waals surface area contributed by atoms with E-state index in [2.05, 4.69) is 0 Å². The summed E-state index contributed by atoms with van der Waals surface area (Å²) in [6.45, 7) is 2.66. The fourth-order valence-electron chi connectivity index (χ4n) is 2.52. The van der Waals surface area contributed by atoms with Crippen molar-refractivity contribution in [1.82, 2.24) is 4.31 Å². The number of hydrogen-bond donors (Lipinski definition) is 0. The summed E-state index contributed by atoms with van der Waals surface area (Å²) in [5.74, 6) is -0.0771. The Labute approximate surface area is 132 Å². The Morgan fingerprint density at radius 2 is 1.95 bits per heavy atom. The molecule has 1 heterocycles. The molecule has 1 saturated heterocycles. The van der Waals surface area contributed by atoms with Gasteiger partial charge in [-0.2, -0.15) is 0 Å². The zero-order valence-corrected chi connectivity index (χ0v) is 13.9. The first-order valence-corrected chi connectivity index (χ1v) is 9.04. The zero-order chi connectivity index (χ0) is 16.2. The largest absolute Gasteiger partial charge is 0.378 e. The zero-order valence-electron chi connectivity index (χ0n) is 13.1. The van der Waals surface area contributed by atoms with Crippen LogP contribution >= 0.6 is 0 Å². The maximum atomic E-state index is 12.5. The second kappa shape index (κ2) is 7.35. The SMILES string of the molecule is CC(=O)c1ccc(S(=O)(=O)N(C)CCC2CCCCO2)cc1. The third kappa shape index (κ3) is 4.15. The minimum absolute atomic E-state index is 0.0771. The second-order valence-electron chi connectivity index (χ2n) is 5.68. The molecule has 1 aliphatic heterocycles. The van der Waals surface area contributed by atoms with E-state index in [-0.39, 0.29) is 16.8 Å². The van der Waals surface area contributed by atoms with Crippen molar-refractivity contribution in [1.29, 1.82) is 0 Å². The molecule has 0 bridgehead atoms. The number of ether oxygens (including phenoxy) is 1. The number of rotatable bonds is 6. The molecule has 0 spiro atoms. The molecular formula is C16H23NO4S. The normalized spacial score (nSPS) is 19.3. The van der Waals surface area contributed by atoms with Gasteiger partial charge in [-0.15, -0.1) is 0 Å². The number of sulfonamides is 1. The van der Waals surface area contributed by atoms with Crippen molar-refractivity contribution in [2.45, 2.75) is 43.6 Å². The Hall–Kier alpha value is -1.24. The molecule has 0 radical (unpaired) electrons. The molecule has 1 fully saturated rings. The van der Waals surface area contributed by atoms with Crippen LogP contribution in [0.15, 0.2) is 29.2 Å². The van der Waals surface area contributed by atoms with Gasteiger partial charge in [0.05, 0.1) is 11.0 Å². The third-order valence-corrected chi connectivity index (χ3v) is 5.88. The number of Topliss-reactive ketones (excluding diaryl/α,β-unsaturated/α-hetero) is 1. The van der Waals surface area contributed by atoms with Gasteiger partial charge in [0.25, 0.3) is 0 Å². The lowest BCUT2D eigenvalue weighted by Gasteiger charge is -2.25. The number of nitrogens with zero attached hydrogens (tertiary/aromatic N) is 1. The van der Waals surface area contributed by atoms with Gasteiger partial charge >= 0.3 is 0 Å². The maximum Gasteiger partial charge on any atom is 0.242 e. The van der Waals surface area contributed by atoms with E-state index in [0.717, 1.165) is 25.9 Å². The molecule has 0 aromatic heterocycles. The van der Waals surface area contributed by atoms with Crippen molar-refractivity contribution in [3.63, 3.8) is 0 Å². The predicted molar refractivity (Wildman–Crippen MR) is 84.5 cm³/mol. The molecule has 1 atom stereocenters. The smallest absolute Gasteiger partial charge is 0.242 e. The van der Waals surface area contributed by atoms with E-state index in [1.807, 2.05) is 0 Å². The first kappa shape index (κ1) is 17.1. The lowest BCUT2D eigenvalue weighted by atomic mass is 10.1. The van der Waals surface area contributed by atoms with Crippen LogP contribution in [0, 0.1) is 0 Å². The van der Waals surface area contributed by atoms with Gasteiger partial charge in [-0.1, -0.05) is 12.1 Å². The monoisotopic (exact) mass is 325 g/mol. The lowest BCUT2D eigenvalue weighted by molar-refractivity contribution is 0.00950. The van der Waals surface area contributed by atoms with Crippen molar-refractivity contribution in [2.24, 2.45) is 0 Å². The molecule has 1 aromatic carbocycles. The van der Waals surface area contributed by atoms with Crippen LogP contribution in [0.2, 0.25) is 0 Å². The van der Waals surface area contributed by atoms with Gasteiger partial charge in [-0.3, -0.25) is 4.79 Å². The lowest BCUT2D eigenvalue weighted by Crippen LogP contribution is -2.31. The quantitative estimate of drug-likeness (QED) is 0.754. The molecule has 2 rings (SSSR count). The third-order valence-electron chi connectivity index (χ3n) is 4.01. The Morgan fingerprint density at radius 1 is 1.27 bits per heavy atom. The maximum absolute atomic E-state index is 12.5. The number of ketones is 1. The summed E-state index contributed by atoms with van der Waals surface area (Å²) in [6.07, 6.45) is 4.11. The van der Waals surface area contributed by atoms with Gasteiger partial charge < -0.3 is 4.74 Å². The molecule has 1 aliphatic rings. The predicted octanol–water partition coefficient (Wildman–Crippen LogP) is 2.47. The van der Waals surface area contributed by atoms with Crippen molar-refractivity contribution in [3.05, 3.63) is 29.8 Å². The first-order valence-electron chi connectivity index (χ1n) is 7.60. The highest BCUT2D eigenvalue weighted by Gasteiger charge is 2.22. The fraction of sp³-hybridized carbons (Fsp3) is 0.562. The molecule has 1 unspecified atom stereocenters. The van der Waals surface area contributed by atoms with E-state index in [4.69, 9.17) is 4.74 Å². The Morgan fingerprint density at radius 3 is 2.50 bits per heavy atom. The minimum Gasteiger partial charge on any atom is -0.378 e. The highest BCUT2D eigenvalue weighted by atomic mass is 32.2. The van der Waals surface area contributed by atoms with Gasteiger partial charge in [0.1, 0.15) is 0 Å². The average Bonchev–Trinajstić information content (AvgIpc) is 2.53. The summed E-state index contributed by atoms with van der Waals surface area (Å²) in [5.41, 5.74) is 0.511. The van der Waals surface area contributed by atoms with E-state index < -0.39 is 10.0 Å². The molecule has 0 aliphatic carbocycles. The number of carbonyl (C=O) groups excluding carboxylic acids is 1. The van der Waals surface area contributed by atoms with E-state index in [0.29, 0.717) is 18.5 Å². The molecule has 0 N–H and O–H groups in total.